The van der Waals surface area contributed by atoms with Gasteiger partial charge in [0, 0.05) is 30.8 Å². The highest BCUT2D eigenvalue weighted by Gasteiger charge is 2.17. The second-order valence-corrected chi connectivity index (χ2v) is 5.85. The number of carbonyl (C=O) groups is 1. The molecule has 0 bridgehead atoms. The molecule has 7 heteroatoms. The molecular weight excluding hydrogens is 308 g/mol. The van der Waals surface area contributed by atoms with Gasteiger partial charge in [-0.1, -0.05) is 25.4 Å². The molecule has 2 rings (SSSR count). The van der Waals surface area contributed by atoms with Crippen LogP contribution in [0.4, 0.5) is 0 Å². The monoisotopic (exact) mass is 332 g/mol. The Morgan fingerprint density at radius 2 is 2.29 bits per heavy atom. The largest absolute Gasteiger partial charge is 0.394 e. The van der Waals surface area contributed by atoms with Crippen molar-refractivity contribution in [3.8, 4) is 11.4 Å². The van der Waals surface area contributed by atoms with Gasteiger partial charge < -0.3 is 14.9 Å². The fraction of sp³-hybridized carbons (Fsp3) is 0.529. The number of aromatic nitrogens is 3. The lowest BCUT2D eigenvalue weighted by atomic mass is 10.00. The van der Waals surface area contributed by atoms with E-state index in [9.17, 15) is 9.90 Å². The van der Waals surface area contributed by atoms with Crippen LogP contribution in [-0.4, -0.2) is 38.8 Å². The Morgan fingerprint density at radius 1 is 1.46 bits per heavy atom. The summed E-state index contributed by atoms with van der Waals surface area (Å²) in [6.07, 6.45) is 5.77. The number of hydrogen-bond acceptors (Lipinski definition) is 6. The molecule has 24 heavy (non-hydrogen) atoms. The summed E-state index contributed by atoms with van der Waals surface area (Å²) in [5.41, 5.74) is 0.796. The first kappa shape index (κ1) is 18.1. The third kappa shape index (κ3) is 5.13. The Morgan fingerprint density at radius 3 is 2.96 bits per heavy atom. The molecule has 0 aliphatic heterocycles. The van der Waals surface area contributed by atoms with Gasteiger partial charge in [-0.05, 0) is 24.5 Å². The van der Waals surface area contributed by atoms with Gasteiger partial charge in [-0.3, -0.25) is 9.78 Å². The molecule has 0 aliphatic carbocycles. The number of aliphatic hydroxyl groups excluding tert-OH is 1. The number of aryl methyl sites for hydroxylation is 1. The van der Waals surface area contributed by atoms with E-state index in [0.29, 0.717) is 31.0 Å². The minimum Gasteiger partial charge on any atom is -0.394 e. The second kappa shape index (κ2) is 9.12. The van der Waals surface area contributed by atoms with E-state index in [0.717, 1.165) is 12.0 Å². The molecule has 1 amide bonds. The standard InChI is InChI=1S/C17H24N4O3/c1-3-12(2)14(11-22)19-15(23)7-4-8-16-20-17(21-24-16)13-6-5-9-18-10-13/h5-6,9-10,12,14,22H,3-4,7-8,11H2,1-2H3,(H,19,23)/t12-,14+/m0/s1. The maximum absolute atomic E-state index is 12.0. The SMILES string of the molecule is CC[C@H](C)[C@@H](CO)NC(=O)CCCc1nc(-c2cccnc2)no1. The van der Waals surface area contributed by atoms with E-state index in [-0.39, 0.29) is 24.5 Å². The Labute approximate surface area is 141 Å². The van der Waals surface area contributed by atoms with Gasteiger partial charge in [0.1, 0.15) is 0 Å². The van der Waals surface area contributed by atoms with Crippen LogP contribution in [0.25, 0.3) is 11.4 Å². The summed E-state index contributed by atoms with van der Waals surface area (Å²) in [5.74, 6) is 1.18. The maximum Gasteiger partial charge on any atom is 0.226 e. The zero-order valence-electron chi connectivity index (χ0n) is 14.1. The summed E-state index contributed by atoms with van der Waals surface area (Å²) in [7, 11) is 0. The van der Waals surface area contributed by atoms with Gasteiger partial charge in [0.15, 0.2) is 0 Å². The third-order valence-corrected chi connectivity index (χ3v) is 4.06. The summed E-state index contributed by atoms with van der Waals surface area (Å²) in [4.78, 5) is 20.3. The number of nitrogens with one attached hydrogen (secondary N) is 1. The number of carbonyl (C=O) groups excluding carboxylic acids is 1. The van der Waals surface area contributed by atoms with Gasteiger partial charge in [-0.2, -0.15) is 4.98 Å². The zero-order valence-corrected chi connectivity index (χ0v) is 14.1. The molecule has 2 atom stereocenters. The molecule has 2 N–H and O–H groups in total. The van der Waals surface area contributed by atoms with Gasteiger partial charge in [-0.15, -0.1) is 0 Å². The van der Waals surface area contributed by atoms with E-state index in [2.05, 4.69) is 20.4 Å². The average molecular weight is 332 g/mol. The Balaban J connectivity index is 1.78. The predicted molar refractivity (Wildman–Crippen MR) is 88.9 cm³/mol. The summed E-state index contributed by atoms with van der Waals surface area (Å²) in [6.45, 7) is 4.01. The highest BCUT2D eigenvalue weighted by Crippen LogP contribution is 2.14. The smallest absolute Gasteiger partial charge is 0.226 e. The van der Waals surface area contributed by atoms with E-state index >= 15 is 0 Å². The lowest BCUT2D eigenvalue weighted by molar-refractivity contribution is -0.122. The molecule has 0 aromatic carbocycles. The molecular formula is C17H24N4O3. The van der Waals surface area contributed by atoms with Crippen molar-refractivity contribution in [2.75, 3.05) is 6.61 Å². The Hall–Kier alpha value is -2.28. The molecule has 0 fully saturated rings. The van der Waals surface area contributed by atoms with Crippen LogP contribution in [0.3, 0.4) is 0 Å². The van der Waals surface area contributed by atoms with Gasteiger partial charge >= 0.3 is 0 Å². The van der Waals surface area contributed by atoms with Crippen LogP contribution in [0, 0.1) is 5.92 Å². The summed E-state index contributed by atoms with van der Waals surface area (Å²) >= 11 is 0. The van der Waals surface area contributed by atoms with E-state index in [1.165, 1.54) is 0 Å². The molecule has 0 saturated heterocycles. The van der Waals surface area contributed by atoms with Crippen molar-refractivity contribution >= 4 is 5.91 Å². The number of hydrogen-bond donors (Lipinski definition) is 2. The Kier molecular flexibility index (Phi) is 6.87. The van der Waals surface area contributed by atoms with Crippen molar-refractivity contribution in [3.63, 3.8) is 0 Å². The first-order valence-electron chi connectivity index (χ1n) is 8.27. The molecule has 0 radical (unpaired) electrons. The minimum absolute atomic E-state index is 0.0428. The summed E-state index contributed by atoms with van der Waals surface area (Å²) in [5, 5.41) is 16.1. The molecule has 0 unspecified atom stereocenters. The van der Waals surface area contributed by atoms with E-state index < -0.39 is 0 Å². The number of pyridine rings is 1. The van der Waals surface area contributed by atoms with Crippen molar-refractivity contribution in [2.24, 2.45) is 5.92 Å². The van der Waals surface area contributed by atoms with Crippen LogP contribution in [0.5, 0.6) is 0 Å². The van der Waals surface area contributed by atoms with Crippen LogP contribution in [0.2, 0.25) is 0 Å². The molecule has 7 nitrogen and oxygen atoms in total. The zero-order chi connectivity index (χ0) is 17.4. The van der Waals surface area contributed by atoms with Crippen molar-refractivity contribution in [1.29, 1.82) is 0 Å². The highest BCUT2D eigenvalue weighted by atomic mass is 16.5. The topological polar surface area (TPSA) is 101 Å². The number of aliphatic hydroxyl groups is 1. The molecule has 0 aliphatic rings. The molecule has 0 saturated carbocycles. The van der Waals surface area contributed by atoms with Crippen molar-refractivity contribution in [2.45, 2.75) is 45.6 Å². The van der Waals surface area contributed by atoms with E-state index in [4.69, 9.17) is 4.52 Å². The predicted octanol–water partition coefficient (Wildman–Crippen LogP) is 1.98. The van der Waals surface area contributed by atoms with Crippen LogP contribution in [0.1, 0.15) is 39.0 Å². The molecule has 0 spiro atoms. The van der Waals surface area contributed by atoms with Crippen LogP contribution < -0.4 is 5.32 Å². The average Bonchev–Trinajstić information content (AvgIpc) is 3.08. The van der Waals surface area contributed by atoms with Gasteiger partial charge in [0.25, 0.3) is 0 Å². The molecule has 2 aromatic heterocycles. The summed E-state index contributed by atoms with van der Waals surface area (Å²) < 4.78 is 5.20. The van der Waals surface area contributed by atoms with Gasteiger partial charge in [0.2, 0.25) is 17.6 Å². The lowest BCUT2D eigenvalue weighted by Crippen LogP contribution is -2.41. The first-order valence-corrected chi connectivity index (χ1v) is 8.27. The maximum atomic E-state index is 12.0. The molecule has 2 aromatic rings. The fourth-order valence-electron chi connectivity index (χ4n) is 2.30. The fourth-order valence-corrected chi connectivity index (χ4v) is 2.30. The highest BCUT2D eigenvalue weighted by molar-refractivity contribution is 5.76. The van der Waals surface area contributed by atoms with E-state index in [1.807, 2.05) is 26.0 Å². The number of nitrogens with zero attached hydrogens (tertiary/aromatic N) is 3. The minimum atomic E-state index is -0.192. The van der Waals surface area contributed by atoms with E-state index in [1.54, 1.807) is 12.4 Å². The molecule has 2 heterocycles. The summed E-state index contributed by atoms with van der Waals surface area (Å²) in [6, 6.07) is 3.48. The van der Waals surface area contributed by atoms with Gasteiger partial charge in [0.05, 0.1) is 12.6 Å². The lowest BCUT2D eigenvalue weighted by Gasteiger charge is -2.22. The quantitative estimate of drug-likeness (QED) is 0.728. The van der Waals surface area contributed by atoms with Crippen molar-refractivity contribution < 1.29 is 14.4 Å². The second-order valence-electron chi connectivity index (χ2n) is 5.85. The third-order valence-electron chi connectivity index (χ3n) is 4.06. The van der Waals surface area contributed by atoms with Gasteiger partial charge in [-0.25, -0.2) is 0 Å². The van der Waals surface area contributed by atoms with Crippen LogP contribution >= 0.6 is 0 Å². The number of rotatable bonds is 9. The first-order chi connectivity index (χ1) is 11.6. The van der Waals surface area contributed by atoms with Crippen LogP contribution in [-0.2, 0) is 11.2 Å². The molecule has 130 valence electrons. The van der Waals surface area contributed by atoms with Crippen molar-refractivity contribution in [1.82, 2.24) is 20.4 Å². The van der Waals surface area contributed by atoms with Crippen LogP contribution in [0.15, 0.2) is 29.0 Å². The van der Waals surface area contributed by atoms with Crippen molar-refractivity contribution in [3.05, 3.63) is 30.4 Å². The number of amides is 1. The normalized spacial score (nSPS) is 13.5. The Bertz CT molecular complexity index is 630.